The van der Waals surface area contributed by atoms with Gasteiger partial charge < -0.3 is 19.4 Å². The van der Waals surface area contributed by atoms with Crippen molar-refractivity contribution >= 4 is 29.0 Å². The number of benzene rings is 2. The minimum absolute atomic E-state index is 0.258. The second-order valence-electron chi connectivity index (χ2n) is 9.04. The molecule has 0 fully saturated rings. The van der Waals surface area contributed by atoms with E-state index in [0.717, 1.165) is 39.5 Å². The quantitative estimate of drug-likeness (QED) is 0.338. The summed E-state index contributed by atoms with van der Waals surface area (Å²) in [5, 5.41) is 2.51. The molecule has 10 nitrogen and oxygen atoms in total. The maximum absolute atomic E-state index is 13.4. The van der Waals surface area contributed by atoms with Crippen molar-refractivity contribution in [3.8, 4) is 17.0 Å². The maximum atomic E-state index is 13.4. The lowest BCUT2D eigenvalue weighted by Gasteiger charge is -2.23. The molecule has 0 aliphatic carbocycles. The second kappa shape index (κ2) is 10.4. The lowest BCUT2D eigenvalue weighted by atomic mass is 10.0. The van der Waals surface area contributed by atoms with Crippen molar-refractivity contribution in [2.45, 2.75) is 13.0 Å². The molecule has 196 valence electrons. The molecular weight excluding hydrogens is 501 g/mol. The zero-order chi connectivity index (χ0) is 26.8. The van der Waals surface area contributed by atoms with Crippen molar-refractivity contribution in [1.29, 1.82) is 0 Å². The number of imidazole rings is 1. The fraction of sp³-hybridized carbons (Fsp3) is 0.179. The van der Waals surface area contributed by atoms with Crippen molar-refractivity contribution in [3.05, 3.63) is 89.6 Å². The van der Waals surface area contributed by atoms with Crippen LogP contribution in [-0.4, -0.2) is 51.3 Å². The van der Waals surface area contributed by atoms with Crippen LogP contribution in [0, 0.1) is 5.82 Å². The Balaban J connectivity index is 1.28. The van der Waals surface area contributed by atoms with E-state index in [2.05, 4.69) is 45.9 Å². The summed E-state index contributed by atoms with van der Waals surface area (Å²) in [5.41, 5.74) is 5.71. The summed E-state index contributed by atoms with van der Waals surface area (Å²) in [7, 11) is 1.29. The number of ether oxygens (including phenoxy) is 2. The number of H-pyrrole nitrogens is 1. The van der Waals surface area contributed by atoms with Gasteiger partial charge in [0.05, 0.1) is 24.9 Å². The van der Waals surface area contributed by atoms with Gasteiger partial charge in [-0.05, 0) is 48.0 Å². The topological polar surface area (TPSA) is 118 Å². The van der Waals surface area contributed by atoms with Gasteiger partial charge in [0.1, 0.15) is 30.3 Å². The van der Waals surface area contributed by atoms with Crippen LogP contribution >= 0.6 is 0 Å². The number of carbonyl (C=O) groups is 1. The summed E-state index contributed by atoms with van der Waals surface area (Å²) >= 11 is 0. The van der Waals surface area contributed by atoms with Gasteiger partial charge in [-0.3, -0.25) is 5.32 Å². The lowest BCUT2D eigenvalue weighted by molar-refractivity contribution is 0.186. The zero-order valence-corrected chi connectivity index (χ0v) is 21.0. The average Bonchev–Trinajstić information content (AvgIpc) is 3.23. The lowest BCUT2D eigenvalue weighted by Crippen LogP contribution is -2.27. The molecule has 0 atom stereocenters. The Morgan fingerprint density at radius 2 is 2.03 bits per heavy atom. The Bertz CT molecular complexity index is 1660. The Morgan fingerprint density at radius 1 is 1.15 bits per heavy atom. The standard InChI is InChI=1S/C28H24FN7O3/c1-38-28(37)35-27-33-23-8-7-22(32-25(23)34-27)18-4-9-24-20(13-18)15-36(10-11-39-24)26-19(14-30-16-31-26)12-17-2-5-21(29)6-3-17/h2-9,13-14,16H,10-12,15H2,1H3,(H2,32,33,34,35,37). The van der Waals surface area contributed by atoms with Crippen LogP contribution in [0.5, 0.6) is 5.75 Å². The van der Waals surface area contributed by atoms with E-state index in [1.54, 1.807) is 24.7 Å². The predicted molar refractivity (Wildman–Crippen MR) is 143 cm³/mol. The first-order valence-electron chi connectivity index (χ1n) is 12.3. The van der Waals surface area contributed by atoms with Crippen LogP contribution in [-0.2, 0) is 17.7 Å². The summed E-state index contributed by atoms with van der Waals surface area (Å²) in [6.07, 6.45) is 3.32. The molecule has 5 aromatic rings. The van der Waals surface area contributed by atoms with Crippen molar-refractivity contribution in [2.24, 2.45) is 0 Å². The summed E-state index contributed by atoms with van der Waals surface area (Å²) in [4.78, 5) is 34.5. The van der Waals surface area contributed by atoms with Gasteiger partial charge in [-0.1, -0.05) is 12.1 Å². The predicted octanol–water partition coefficient (Wildman–Crippen LogP) is 4.72. The summed E-state index contributed by atoms with van der Waals surface area (Å²) in [6.45, 7) is 1.72. The molecule has 0 bridgehead atoms. The molecule has 2 N–H and O–H groups in total. The maximum Gasteiger partial charge on any atom is 0.413 e. The number of nitrogens with zero attached hydrogens (tertiary/aromatic N) is 5. The van der Waals surface area contributed by atoms with Crippen LogP contribution in [0.15, 0.2) is 67.1 Å². The summed E-state index contributed by atoms with van der Waals surface area (Å²) in [5.74, 6) is 1.62. The van der Waals surface area contributed by atoms with E-state index < -0.39 is 6.09 Å². The normalized spacial score (nSPS) is 12.9. The Morgan fingerprint density at radius 3 is 2.87 bits per heavy atom. The molecule has 0 saturated carbocycles. The molecular formula is C28H24FN7O3. The van der Waals surface area contributed by atoms with Gasteiger partial charge in [0.2, 0.25) is 5.95 Å². The molecule has 3 aromatic heterocycles. The molecule has 4 heterocycles. The number of methoxy groups -OCH3 is 1. The number of fused-ring (bicyclic) bond motifs is 2. The number of hydrogen-bond acceptors (Lipinski definition) is 8. The number of rotatable bonds is 5. The fourth-order valence-corrected chi connectivity index (χ4v) is 4.58. The molecule has 0 unspecified atom stereocenters. The van der Waals surface area contributed by atoms with Gasteiger partial charge in [0.25, 0.3) is 0 Å². The number of hydrogen-bond donors (Lipinski definition) is 2. The van der Waals surface area contributed by atoms with E-state index in [9.17, 15) is 9.18 Å². The highest BCUT2D eigenvalue weighted by Crippen LogP contribution is 2.32. The molecule has 0 saturated heterocycles. The number of anilines is 2. The number of carbonyl (C=O) groups excluding carboxylic acids is 1. The molecule has 0 spiro atoms. The van der Waals surface area contributed by atoms with Gasteiger partial charge in [0.15, 0.2) is 5.65 Å². The smallest absolute Gasteiger partial charge is 0.413 e. The van der Waals surface area contributed by atoms with E-state index in [0.29, 0.717) is 37.3 Å². The average molecular weight is 526 g/mol. The van der Waals surface area contributed by atoms with Gasteiger partial charge >= 0.3 is 6.09 Å². The highest BCUT2D eigenvalue weighted by atomic mass is 19.1. The molecule has 1 aliphatic rings. The molecule has 11 heteroatoms. The van der Waals surface area contributed by atoms with Gasteiger partial charge in [-0.25, -0.2) is 24.1 Å². The number of nitrogens with one attached hydrogen (secondary N) is 2. The van der Waals surface area contributed by atoms with Gasteiger partial charge in [0, 0.05) is 35.9 Å². The third-order valence-corrected chi connectivity index (χ3v) is 6.46. The third kappa shape index (κ3) is 5.19. The van der Waals surface area contributed by atoms with E-state index in [-0.39, 0.29) is 11.8 Å². The Kier molecular flexibility index (Phi) is 6.45. The first-order chi connectivity index (χ1) is 19.1. The van der Waals surface area contributed by atoms with E-state index >= 15 is 0 Å². The number of amides is 1. The van der Waals surface area contributed by atoms with Crippen LogP contribution in [0.2, 0.25) is 0 Å². The van der Waals surface area contributed by atoms with Crippen LogP contribution in [0.25, 0.3) is 22.4 Å². The van der Waals surface area contributed by atoms with Gasteiger partial charge in [-0.2, -0.15) is 4.98 Å². The van der Waals surface area contributed by atoms with Crippen LogP contribution < -0.4 is 15.0 Å². The van der Waals surface area contributed by atoms with Crippen molar-refractivity contribution < 1.29 is 18.7 Å². The van der Waals surface area contributed by atoms with E-state index in [1.165, 1.54) is 19.2 Å². The Hall–Kier alpha value is -5.06. The molecule has 1 amide bonds. The fourth-order valence-electron chi connectivity index (χ4n) is 4.58. The zero-order valence-electron chi connectivity index (χ0n) is 21.0. The number of aromatic amines is 1. The molecule has 0 radical (unpaired) electrons. The van der Waals surface area contributed by atoms with E-state index in [1.807, 2.05) is 24.3 Å². The highest BCUT2D eigenvalue weighted by Gasteiger charge is 2.20. The largest absolute Gasteiger partial charge is 0.491 e. The third-order valence-electron chi connectivity index (χ3n) is 6.46. The van der Waals surface area contributed by atoms with Crippen LogP contribution in [0.3, 0.4) is 0 Å². The summed E-state index contributed by atoms with van der Waals surface area (Å²) in [6, 6.07) is 16.2. The monoisotopic (exact) mass is 525 g/mol. The molecule has 2 aromatic carbocycles. The SMILES string of the molecule is COC(=O)Nc1nc2nc(-c3ccc4c(c3)CN(c3ncncc3Cc3ccc(F)cc3)CCO4)ccc2[nH]1. The van der Waals surface area contributed by atoms with Crippen LogP contribution in [0.1, 0.15) is 16.7 Å². The minimum Gasteiger partial charge on any atom is -0.491 e. The summed E-state index contributed by atoms with van der Waals surface area (Å²) < 4.78 is 24.1. The van der Waals surface area contributed by atoms with Crippen molar-refractivity contribution in [2.75, 3.05) is 30.5 Å². The van der Waals surface area contributed by atoms with Crippen LogP contribution in [0.4, 0.5) is 21.0 Å². The van der Waals surface area contributed by atoms with E-state index in [4.69, 9.17) is 4.74 Å². The first-order valence-corrected chi connectivity index (χ1v) is 12.3. The Labute approximate surface area is 222 Å². The minimum atomic E-state index is -0.617. The highest BCUT2D eigenvalue weighted by molar-refractivity contribution is 5.85. The van der Waals surface area contributed by atoms with Crippen molar-refractivity contribution in [1.82, 2.24) is 24.9 Å². The number of halogens is 1. The first kappa shape index (κ1) is 24.3. The molecule has 6 rings (SSSR count). The number of pyridine rings is 1. The van der Waals surface area contributed by atoms with Gasteiger partial charge in [-0.15, -0.1) is 0 Å². The van der Waals surface area contributed by atoms with Crippen molar-refractivity contribution in [3.63, 3.8) is 0 Å². The molecule has 1 aliphatic heterocycles. The molecule has 39 heavy (non-hydrogen) atoms. The second-order valence-corrected chi connectivity index (χ2v) is 9.04. The number of aromatic nitrogens is 5.